The molecule has 0 aliphatic heterocycles. The Bertz CT molecular complexity index is 351. The van der Waals surface area contributed by atoms with Gasteiger partial charge in [-0.05, 0) is 5.41 Å². The molecule has 0 aliphatic carbocycles. The van der Waals surface area contributed by atoms with E-state index in [0.29, 0.717) is 5.84 Å². The molecule has 3 heteroatoms. The Hall–Kier alpha value is -0.336. The SMILES string of the molecule is CC.[CH2-]N=C(N)c1[c-]c(C(C)(C)C)ccc1.[Y]. The monoisotopic (exact) mass is 307 g/mol. The Morgan fingerprint density at radius 3 is 2.24 bits per heavy atom. The second-order valence-corrected chi connectivity index (χ2v) is 4.27. The Balaban J connectivity index is 0. The van der Waals surface area contributed by atoms with Crippen LogP contribution in [-0.4, -0.2) is 5.84 Å². The van der Waals surface area contributed by atoms with Gasteiger partial charge in [-0.2, -0.15) is 0 Å². The van der Waals surface area contributed by atoms with Crippen LogP contribution in [0.15, 0.2) is 23.2 Å². The van der Waals surface area contributed by atoms with Crippen LogP contribution in [0.5, 0.6) is 0 Å². The van der Waals surface area contributed by atoms with Crippen LogP contribution in [0.1, 0.15) is 45.7 Å². The van der Waals surface area contributed by atoms with Crippen molar-refractivity contribution in [1.82, 2.24) is 0 Å². The third-order valence-corrected chi connectivity index (χ3v) is 2.05. The first-order chi connectivity index (χ1) is 7.45. The van der Waals surface area contributed by atoms with Crippen molar-refractivity contribution in [2.75, 3.05) is 0 Å². The predicted molar refractivity (Wildman–Crippen MR) is 71.4 cm³/mol. The molecule has 0 fully saturated rings. The molecule has 0 atom stereocenters. The van der Waals surface area contributed by atoms with E-state index in [-0.39, 0.29) is 38.1 Å². The molecule has 17 heavy (non-hydrogen) atoms. The van der Waals surface area contributed by atoms with E-state index >= 15 is 0 Å². The summed E-state index contributed by atoms with van der Waals surface area (Å²) >= 11 is 0. The Morgan fingerprint density at radius 1 is 1.29 bits per heavy atom. The van der Waals surface area contributed by atoms with Crippen LogP contribution in [0.25, 0.3) is 0 Å². The molecule has 0 aliphatic rings. The zero-order chi connectivity index (χ0) is 12.8. The summed E-state index contributed by atoms with van der Waals surface area (Å²) in [5.74, 6) is 0.427. The van der Waals surface area contributed by atoms with E-state index in [2.05, 4.69) is 38.9 Å². The Labute approximate surface area is 131 Å². The zero-order valence-corrected chi connectivity index (χ0v) is 14.4. The molecule has 1 aromatic rings. The number of nitrogens with zero attached hydrogens (tertiary/aromatic N) is 1. The fourth-order valence-electron chi connectivity index (χ4n) is 1.14. The van der Waals surface area contributed by atoms with E-state index < -0.39 is 0 Å². The zero-order valence-electron chi connectivity index (χ0n) is 11.5. The van der Waals surface area contributed by atoms with Crippen molar-refractivity contribution < 1.29 is 32.7 Å². The van der Waals surface area contributed by atoms with Crippen LogP contribution < -0.4 is 5.73 Å². The van der Waals surface area contributed by atoms with Gasteiger partial charge in [0, 0.05) is 38.5 Å². The molecular weight excluding hydrogens is 285 g/mol. The molecule has 93 valence electrons. The van der Waals surface area contributed by atoms with E-state index in [0.717, 1.165) is 11.1 Å². The number of benzene rings is 1. The molecular formula is C14H22N2Y-2. The predicted octanol–water partition coefficient (Wildman–Crippen LogP) is 3.30. The van der Waals surface area contributed by atoms with E-state index in [1.807, 2.05) is 32.0 Å². The largest absolute Gasteiger partial charge is 0.423 e. The van der Waals surface area contributed by atoms with Gasteiger partial charge in [0.15, 0.2) is 0 Å². The summed E-state index contributed by atoms with van der Waals surface area (Å²) in [6.07, 6.45) is 0. The van der Waals surface area contributed by atoms with Crippen molar-refractivity contribution in [1.29, 1.82) is 0 Å². The number of rotatable bonds is 1. The van der Waals surface area contributed by atoms with Crippen LogP contribution in [-0.2, 0) is 38.1 Å². The van der Waals surface area contributed by atoms with Crippen LogP contribution in [0.3, 0.4) is 0 Å². The molecule has 0 aromatic heterocycles. The van der Waals surface area contributed by atoms with Crippen molar-refractivity contribution in [2.24, 2.45) is 10.7 Å². The Morgan fingerprint density at radius 2 is 1.82 bits per heavy atom. The van der Waals surface area contributed by atoms with Gasteiger partial charge >= 0.3 is 0 Å². The van der Waals surface area contributed by atoms with Crippen LogP contribution in [0, 0.1) is 13.1 Å². The maximum atomic E-state index is 5.66. The number of hydrogen-bond acceptors (Lipinski definition) is 1. The topological polar surface area (TPSA) is 38.4 Å². The molecule has 2 nitrogen and oxygen atoms in total. The van der Waals surface area contributed by atoms with Crippen LogP contribution >= 0.6 is 0 Å². The molecule has 2 N–H and O–H groups in total. The molecule has 1 rings (SSSR count). The fraction of sp³-hybridized carbons (Fsp3) is 0.429. The molecule has 0 unspecified atom stereocenters. The standard InChI is InChI=1S/C12H16N2.C2H6.Y/c1-12(2,3)10-7-5-6-9(8-10)11(13)14-4;1-2;/h5-7H,4H2,1-3H3,(H2,13,14);1-2H3;/q-2;;. The quantitative estimate of drug-likeness (QED) is 0.482. The molecule has 0 saturated carbocycles. The summed E-state index contributed by atoms with van der Waals surface area (Å²) in [5, 5.41) is 0. The van der Waals surface area contributed by atoms with E-state index in [9.17, 15) is 0 Å². The Kier molecular flexibility index (Phi) is 9.74. The third kappa shape index (κ3) is 6.23. The van der Waals surface area contributed by atoms with E-state index in [1.54, 1.807) is 0 Å². The van der Waals surface area contributed by atoms with Crippen molar-refractivity contribution >= 4 is 5.84 Å². The number of amidine groups is 1. The molecule has 1 radical (unpaired) electrons. The van der Waals surface area contributed by atoms with Gasteiger partial charge in [0.2, 0.25) is 0 Å². The van der Waals surface area contributed by atoms with E-state index in [4.69, 9.17) is 5.73 Å². The first-order valence-corrected chi connectivity index (χ1v) is 5.57. The van der Waals surface area contributed by atoms with Crippen molar-refractivity contribution in [3.8, 4) is 0 Å². The molecule has 0 bridgehead atoms. The van der Waals surface area contributed by atoms with Crippen molar-refractivity contribution in [3.63, 3.8) is 0 Å². The van der Waals surface area contributed by atoms with Gasteiger partial charge in [0.05, 0.1) is 0 Å². The van der Waals surface area contributed by atoms with Crippen molar-refractivity contribution in [3.05, 3.63) is 42.4 Å². The van der Waals surface area contributed by atoms with Crippen molar-refractivity contribution in [2.45, 2.75) is 40.0 Å². The van der Waals surface area contributed by atoms with E-state index in [1.165, 1.54) is 0 Å². The summed E-state index contributed by atoms with van der Waals surface area (Å²) in [6.45, 7) is 10.4. The maximum Gasteiger partial charge on any atom is 0.0269 e. The normalized spacial score (nSPS) is 11.0. The summed E-state index contributed by atoms with van der Waals surface area (Å²) < 4.78 is 0. The van der Waals surface area contributed by atoms with Gasteiger partial charge in [-0.25, -0.2) is 0 Å². The maximum absolute atomic E-state index is 5.66. The van der Waals surface area contributed by atoms with Crippen LogP contribution in [0.4, 0.5) is 0 Å². The average Bonchev–Trinajstić information content (AvgIpc) is 2.30. The second-order valence-electron chi connectivity index (χ2n) is 4.27. The fourth-order valence-corrected chi connectivity index (χ4v) is 1.14. The molecule has 0 heterocycles. The molecule has 0 saturated heterocycles. The summed E-state index contributed by atoms with van der Waals surface area (Å²) in [7, 11) is 3.40. The number of nitrogens with two attached hydrogens (primary N) is 1. The smallest absolute Gasteiger partial charge is 0.0269 e. The van der Waals surface area contributed by atoms with Gasteiger partial charge in [-0.3, -0.25) is 0 Å². The minimum absolute atomic E-state index is 0. The average molecular weight is 307 g/mol. The van der Waals surface area contributed by atoms with Gasteiger partial charge in [-0.15, -0.1) is 42.4 Å². The summed E-state index contributed by atoms with van der Waals surface area (Å²) in [6, 6.07) is 9.13. The van der Waals surface area contributed by atoms with Gasteiger partial charge in [0.1, 0.15) is 0 Å². The number of hydrogen-bond donors (Lipinski definition) is 1. The third-order valence-electron chi connectivity index (χ3n) is 2.05. The second kappa shape index (κ2) is 8.71. The summed E-state index contributed by atoms with van der Waals surface area (Å²) in [5.41, 5.74) is 7.68. The minimum atomic E-state index is 0. The first kappa shape index (κ1) is 19.0. The van der Waals surface area contributed by atoms with Gasteiger partial charge in [0.25, 0.3) is 0 Å². The minimum Gasteiger partial charge on any atom is -0.423 e. The van der Waals surface area contributed by atoms with Crippen LogP contribution in [0.2, 0.25) is 0 Å². The molecule has 0 spiro atoms. The van der Waals surface area contributed by atoms with Gasteiger partial charge < -0.3 is 10.7 Å². The molecule has 0 amide bonds. The number of aliphatic imine (C=N–C) groups is 1. The summed E-state index contributed by atoms with van der Waals surface area (Å²) in [4.78, 5) is 3.70. The van der Waals surface area contributed by atoms with Gasteiger partial charge in [-0.1, -0.05) is 34.6 Å². The molecule has 1 aromatic carbocycles. The first-order valence-electron chi connectivity index (χ1n) is 5.57.